The van der Waals surface area contributed by atoms with Crippen molar-refractivity contribution in [2.75, 3.05) is 7.11 Å². The molecule has 1 heterocycles. The molecule has 0 aliphatic carbocycles. The predicted molar refractivity (Wildman–Crippen MR) is 80.0 cm³/mol. The number of nitrogens with zero attached hydrogens (tertiary/aromatic N) is 1. The number of aryl methyl sites for hydroxylation is 2. The summed E-state index contributed by atoms with van der Waals surface area (Å²) in [5.41, 5.74) is 4.40. The molecule has 0 aliphatic heterocycles. The molecule has 0 radical (unpaired) electrons. The number of pyridine rings is 1. The zero-order valence-electron chi connectivity index (χ0n) is 11.9. The molecule has 2 rings (SSSR count). The highest BCUT2D eigenvalue weighted by Gasteiger charge is 2.13. The molecule has 0 atom stereocenters. The van der Waals surface area contributed by atoms with Crippen molar-refractivity contribution in [3.63, 3.8) is 0 Å². The Labute approximate surface area is 118 Å². The van der Waals surface area contributed by atoms with E-state index >= 15 is 0 Å². The summed E-state index contributed by atoms with van der Waals surface area (Å²) in [6.45, 7) is 4.06. The van der Waals surface area contributed by atoms with Gasteiger partial charge in [-0.1, -0.05) is 24.3 Å². The van der Waals surface area contributed by atoms with E-state index in [0.29, 0.717) is 5.57 Å². The van der Waals surface area contributed by atoms with Crippen molar-refractivity contribution in [2.45, 2.75) is 13.8 Å². The van der Waals surface area contributed by atoms with E-state index in [4.69, 9.17) is 4.74 Å². The average molecular weight is 267 g/mol. The molecule has 0 amide bonds. The van der Waals surface area contributed by atoms with Gasteiger partial charge in [0.25, 0.3) is 0 Å². The molecular weight excluding hydrogens is 250 g/mol. The van der Waals surface area contributed by atoms with Crippen molar-refractivity contribution in [3.8, 4) is 0 Å². The Morgan fingerprint density at radius 1 is 1.15 bits per heavy atom. The van der Waals surface area contributed by atoms with Gasteiger partial charge in [-0.3, -0.25) is 4.98 Å². The molecule has 0 saturated heterocycles. The van der Waals surface area contributed by atoms with Gasteiger partial charge in [0.2, 0.25) is 0 Å². The second kappa shape index (κ2) is 6.15. The van der Waals surface area contributed by atoms with Crippen LogP contribution in [0.5, 0.6) is 0 Å². The first-order valence-electron chi connectivity index (χ1n) is 6.40. The number of carbonyl (C=O) groups excluding carboxylic acids is 1. The van der Waals surface area contributed by atoms with Crippen LogP contribution in [0.15, 0.2) is 42.6 Å². The third kappa shape index (κ3) is 3.12. The summed E-state index contributed by atoms with van der Waals surface area (Å²) in [6, 6.07) is 11.5. The molecule has 102 valence electrons. The van der Waals surface area contributed by atoms with Gasteiger partial charge in [0, 0.05) is 6.20 Å². The monoisotopic (exact) mass is 267 g/mol. The molecule has 0 saturated carbocycles. The van der Waals surface area contributed by atoms with Crippen LogP contribution >= 0.6 is 0 Å². The molecule has 1 aromatic carbocycles. The van der Waals surface area contributed by atoms with Crippen LogP contribution in [-0.2, 0) is 9.53 Å². The number of methoxy groups -OCH3 is 1. The van der Waals surface area contributed by atoms with Gasteiger partial charge in [0.05, 0.1) is 18.4 Å². The van der Waals surface area contributed by atoms with Crippen molar-refractivity contribution in [3.05, 3.63) is 65.0 Å². The van der Waals surface area contributed by atoms with Gasteiger partial charge in [-0.25, -0.2) is 4.79 Å². The quantitative estimate of drug-likeness (QED) is 0.632. The number of ether oxygens (including phenoxy) is 1. The third-order valence-electron chi connectivity index (χ3n) is 3.20. The summed E-state index contributed by atoms with van der Waals surface area (Å²) in [4.78, 5) is 16.2. The number of rotatable bonds is 3. The Hall–Kier alpha value is -2.42. The maximum absolute atomic E-state index is 12.0. The Kier molecular flexibility index (Phi) is 4.31. The van der Waals surface area contributed by atoms with E-state index in [1.807, 2.05) is 50.2 Å². The number of esters is 1. The van der Waals surface area contributed by atoms with Crippen molar-refractivity contribution in [1.82, 2.24) is 4.98 Å². The van der Waals surface area contributed by atoms with Crippen LogP contribution in [0.25, 0.3) is 11.6 Å². The minimum absolute atomic E-state index is 0.362. The summed E-state index contributed by atoms with van der Waals surface area (Å²) in [5, 5.41) is 0. The first-order chi connectivity index (χ1) is 9.61. The van der Waals surface area contributed by atoms with Crippen molar-refractivity contribution in [2.24, 2.45) is 0 Å². The first kappa shape index (κ1) is 14.0. The Morgan fingerprint density at radius 2 is 1.95 bits per heavy atom. The fourth-order valence-corrected chi connectivity index (χ4v) is 1.89. The lowest BCUT2D eigenvalue weighted by Gasteiger charge is -2.08. The fraction of sp³-hybridized carbons (Fsp3) is 0.176. The highest BCUT2D eigenvalue weighted by molar-refractivity contribution is 6.21. The van der Waals surface area contributed by atoms with E-state index in [0.717, 1.165) is 16.8 Å². The van der Waals surface area contributed by atoms with Crippen molar-refractivity contribution < 1.29 is 9.53 Å². The maximum atomic E-state index is 12.0. The third-order valence-corrected chi connectivity index (χ3v) is 3.20. The smallest absolute Gasteiger partial charge is 0.338 e. The topological polar surface area (TPSA) is 39.2 Å². The van der Waals surface area contributed by atoms with Crippen LogP contribution in [0.1, 0.15) is 22.4 Å². The zero-order valence-corrected chi connectivity index (χ0v) is 11.9. The lowest BCUT2D eigenvalue weighted by molar-refractivity contribution is -0.133. The van der Waals surface area contributed by atoms with Gasteiger partial charge in [0.15, 0.2) is 0 Å². The van der Waals surface area contributed by atoms with E-state index in [2.05, 4.69) is 4.98 Å². The molecule has 1 aromatic heterocycles. The van der Waals surface area contributed by atoms with Gasteiger partial charge < -0.3 is 4.74 Å². The molecule has 0 bridgehead atoms. The molecule has 2 aromatic rings. The van der Waals surface area contributed by atoms with Crippen LogP contribution in [0.3, 0.4) is 0 Å². The van der Waals surface area contributed by atoms with E-state index < -0.39 is 0 Å². The number of benzene rings is 1. The normalized spacial score (nSPS) is 11.2. The van der Waals surface area contributed by atoms with Crippen molar-refractivity contribution in [1.29, 1.82) is 0 Å². The van der Waals surface area contributed by atoms with E-state index in [1.54, 1.807) is 12.3 Å². The standard InChI is InChI=1S/C17H17NO2/c1-12-7-8-14(10-13(12)2)16(17(19)20-3)11-15-6-4-5-9-18-15/h4-11H,1-3H3/b16-11-. The SMILES string of the molecule is COC(=O)/C(=C\c1ccccn1)c1ccc(C)c(C)c1. The molecule has 0 spiro atoms. The van der Waals surface area contributed by atoms with Gasteiger partial charge in [-0.2, -0.15) is 0 Å². The molecule has 0 N–H and O–H groups in total. The molecular formula is C17H17NO2. The van der Waals surface area contributed by atoms with Gasteiger partial charge in [-0.15, -0.1) is 0 Å². The number of carbonyl (C=O) groups is 1. The lowest BCUT2D eigenvalue weighted by atomic mass is 9.99. The van der Waals surface area contributed by atoms with Crippen LogP contribution < -0.4 is 0 Å². The molecule has 3 heteroatoms. The second-order valence-electron chi connectivity index (χ2n) is 4.60. The van der Waals surface area contributed by atoms with Crippen LogP contribution in [0, 0.1) is 13.8 Å². The molecule has 0 aliphatic rings. The van der Waals surface area contributed by atoms with Gasteiger partial charge >= 0.3 is 5.97 Å². The number of hydrogen-bond donors (Lipinski definition) is 0. The summed E-state index contributed by atoms with van der Waals surface area (Å²) >= 11 is 0. The molecule has 0 unspecified atom stereocenters. The molecule has 3 nitrogen and oxygen atoms in total. The van der Waals surface area contributed by atoms with Crippen LogP contribution in [0.4, 0.5) is 0 Å². The summed E-state index contributed by atoms with van der Waals surface area (Å²) < 4.78 is 4.87. The largest absolute Gasteiger partial charge is 0.465 e. The highest BCUT2D eigenvalue weighted by Crippen LogP contribution is 2.21. The van der Waals surface area contributed by atoms with E-state index in [-0.39, 0.29) is 5.97 Å². The van der Waals surface area contributed by atoms with E-state index in [9.17, 15) is 4.79 Å². The zero-order chi connectivity index (χ0) is 14.5. The van der Waals surface area contributed by atoms with Gasteiger partial charge in [-0.05, 0) is 48.7 Å². The Balaban J connectivity index is 2.50. The summed E-state index contributed by atoms with van der Waals surface area (Å²) in [6.07, 6.45) is 3.44. The minimum Gasteiger partial charge on any atom is -0.465 e. The number of aromatic nitrogens is 1. The van der Waals surface area contributed by atoms with Crippen LogP contribution in [-0.4, -0.2) is 18.1 Å². The Bertz CT molecular complexity index is 645. The first-order valence-corrected chi connectivity index (χ1v) is 6.40. The van der Waals surface area contributed by atoms with Crippen LogP contribution in [0.2, 0.25) is 0 Å². The van der Waals surface area contributed by atoms with Gasteiger partial charge in [0.1, 0.15) is 0 Å². The summed E-state index contributed by atoms with van der Waals surface area (Å²) in [5.74, 6) is -0.362. The van der Waals surface area contributed by atoms with Crippen molar-refractivity contribution >= 4 is 17.6 Å². The average Bonchev–Trinajstić information content (AvgIpc) is 2.48. The van der Waals surface area contributed by atoms with E-state index in [1.165, 1.54) is 12.7 Å². The minimum atomic E-state index is -0.362. The lowest BCUT2D eigenvalue weighted by Crippen LogP contribution is -2.04. The summed E-state index contributed by atoms with van der Waals surface area (Å²) in [7, 11) is 1.38. The fourth-order valence-electron chi connectivity index (χ4n) is 1.89. The maximum Gasteiger partial charge on any atom is 0.338 e. The molecule has 0 fully saturated rings. The predicted octanol–water partition coefficient (Wildman–Crippen LogP) is 3.41. The highest BCUT2D eigenvalue weighted by atomic mass is 16.5. The molecule has 20 heavy (non-hydrogen) atoms. The second-order valence-corrected chi connectivity index (χ2v) is 4.60. The number of hydrogen-bond acceptors (Lipinski definition) is 3. The Morgan fingerprint density at radius 3 is 2.55 bits per heavy atom.